The third-order valence-electron chi connectivity index (χ3n) is 2.20. The van der Waals surface area contributed by atoms with Crippen LogP contribution in [0.5, 0.6) is 0 Å². The van der Waals surface area contributed by atoms with Gasteiger partial charge in [-0.15, -0.1) is 0 Å². The fraction of sp³-hybridized carbons (Fsp3) is 0.400. The molecule has 0 saturated carbocycles. The summed E-state index contributed by atoms with van der Waals surface area (Å²) in [5.41, 5.74) is 6.67. The number of benzene rings is 1. The summed E-state index contributed by atoms with van der Waals surface area (Å²) < 4.78 is 13.0. The van der Waals surface area contributed by atoms with E-state index in [0.717, 1.165) is 19.4 Å². The largest absolute Gasteiger partial charge is 0.399 e. The molecule has 3 nitrogen and oxygen atoms in total. The van der Waals surface area contributed by atoms with Gasteiger partial charge in [0.25, 0.3) is 0 Å². The highest BCUT2D eigenvalue weighted by molar-refractivity contribution is 5.55. The van der Waals surface area contributed by atoms with Crippen molar-refractivity contribution in [3.63, 3.8) is 0 Å². The lowest BCUT2D eigenvalue weighted by Crippen LogP contribution is -2.29. The maximum absolute atomic E-state index is 13.0. The Balaban J connectivity index is 2.21. The van der Waals surface area contributed by atoms with Crippen LogP contribution < -0.4 is 10.8 Å². The topological polar surface area (TPSA) is 38.5 Å². The molecule has 1 aromatic rings. The molecule has 1 aliphatic rings. The van der Waals surface area contributed by atoms with Crippen LogP contribution in [0.1, 0.15) is 12.8 Å². The zero-order valence-electron chi connectivity index (χ0n) is 7.87. The average molecular weight is 196 g/mol. The van der Waals surface area contributed by atoms with E-state index in [1.54, 1.807) is 11.1 Å². The number of halogens is 1. The van der Waals surface area contributed by atoms with Gasteiger partial charge in [-0.25, -0.2) is 4.39 Å². The summed E-state index contributed by atoms with van der Waals surface area (Å²) >= 11 is 0. The normalized spacial score (nSPS) is 17.1. The number of nitrogens with two attached hydrogens (primary N) is 1. The summed E-state index contributed by atoms with van der Waals surface area (Å²) in [5, 5.41) is 1.70. The minimum atomic E-state index is -0.325. The van der Waals surface area contributed by atoms with E-state index in [1.807, 2.05) is 0 Å². The number of hydrogen-bond acceptors (Lipinski definition) is 3. The van der Waals surface area contributed by atoms with Crippen LogP contribution in [0.25, 0.3) is 0 Å². The van der Waals surface area contributed by atoms with Gasteiger partial charge >= 0.3 is 0 Å². The van der Waals surface area contributed by atoms with Gasteiger partial charge in [0.1, 0.15) is 5.82 Å². The third kappa shape index (κ3) is 1.96. The Hall–Kier alpha value is -1.29. The number of hydroxylamine groups is 1. The smallest absolute Gasteiger partial charge is 0.127 e. The van der Waals surface area contributed by atoms with Gasteiger partial charge in [0.05, 0.1) is 12.3 Å². The second-order valence-corrected chi connectivity index (χ2v) is 3.39. The zero-order valence-corrected chi connectivity index (χ0v) is 7.87. The molecule has 1 heterocycles. The Kier molecular flexibility index (Phi) is 2.54. The lowest BCUT2D eigenvalue weighted by atomic mass is 10.2. The first kappa shape index (κ1) is 9.27. The molecule has 2 N–H and O–H groups in total. The van der Waals surface area contributed by atoms with Crippen LogP contribution in [0.4, 0.5) is 15.8 Å². The molecule has 0 bridgehead atoms. The molecule has 2 rings (SSSR count). The van der Waals surface area contributed by atoms with Crippen LogP contribution in [0.15, 0.2) is 18.2 Å². The molecule has 0 aliphatic carbocycles. The predicted molar refractivity (Wildman–Crippen MR) is 53.3 cm³/mol. The van der Waals surface area contributed by atoms with E-state index in [4.69, 9.17) is 10.6 Å². The Morgan fingerprint density at radius 1 is 1.29 bits per heavy atom. The van der Waals surface area contributed by atoms with Gasteiger partial charge in [-0.1, -0.05) is 0 Å². The van der Waals surface area contributed by atoms with Crippen molar-refractivity contribution in [3.8, 4) is 0 Å². The van der Waals surface area contributed by atoms with Gasteiger partial charge in [0.15, 0.2) is 0 Å². The Morgan fingerprint density at radius 2 is 2.14 bits per heavy atom. The fourth-order valence-corrected chi connectivity index (χ4v) is 1.54. The summed E-state index contributed by atoms with van der Waals surface area (Å²) in [6, 6.07) is 4.45. The van der Waals surface area contributed by atoms with Crippen molar-refractivity contribution in [1.29, 1.82) is 0 Å². The monoisotopic (exact) mass is 196 g/mol. The van der Waals surface area contributed by atoms with Gasteiger partial charge in [-0.05, 0) is 31.0 Å². The van der Waals surface area contributed by atoms with Gasteiger partial charge in [-0.3, -0.25) is 9.90 Å². The Labute approximate surface area is 82.2 Å². The number of hydrogen-bond donors (Lipinski definition) is 1. The SMILES string of the molecule is Nc1cc(F)cc(N2CCCCO2)c1. The van der Waals surface area contributed by atoms with E-state index in [9.17, 15) is 4.39 Å². The van der Waals surface area contributed by atoms with E-state index in [2.05, 4.69) is 0 Å². The first-order chi connectivity index (χ1) is 6.75. The first-order valence-electron chi connectivity index (χ1n) is 4.72. The molecule has 0 atom stereocenters. The maximum Gasteiger partial charge on any atom is 0.127 e. The minimum Gasteiger partial charge on any atom is -0.399 e. The van der Waals surface area contributed by atoms with E-state index < -0.39 is 0 Å². The molecule has 0 unspecified atom stereocenters. The Morgan fingerprint density at radius 3 is 2.79 bits per heavy atom. The molecule has 14 heavy (non-hydrogen) atoms. The molecule has 0 aromatic heterocycles. The van der Waals surface area contributed by atoms with Crippen LogP contribution >= 0.6 is 0 Å². The molecule has 4 heteroatoms. The van der Waals surface area contributed by atoms with E-state index in [0.29, 0.717) is 18.0 Å². The lowest BCUT2D eigenvalue weighted by Gasteiger charge is -2.27. The van der Waals surface area contributed by atoms with Crippen molar-refractivity contribution >= 4 is 11.4 Å². The number of rotatable bonds is 1. The average Bonchev–Trinajstić information content (AvgIpc) is 2.18. The molecule has 1 fully saturated rings. The van der Waals surface area contributed by atoms with Gasteiger partial charge < -0.3 is 5.73 Å². The van der Waals surface area contributed by atoms with Crippen molar-refractivity contribution in [2.45, 2.75) is 12.8 Å². The van der Waals surface area contributed by atoms with Crippen LogP contribution in [-0.2, 0) is 4.84 Å². The van der Waals surface area contributed by atoms with E-state index >= 15 is 0 Å². The molecular formula is C10H13FN2O. The molecule has 0 radical (unpaired) electrons. The summed E-state index contributed by atoms with van der Waals surface area (Å²) in [7, 11) is 0. The number of nitrogen functional groups attached to an aromatic ring is 1. The highest BCUT2D eigenvalue weighted by Crippen LogP contribution is 2.22. The predicted octanol–water partition coefficient (Wildman–Crippen LogP) is 1.94. The van der Waals surface area contributed by atoms with E-state index in [-0.39, 0.29) is 5.82 Å². The van der Waals surface area contributed by atoms with Crippen molar-refractivity contribution in [2.24, 2.45) is 0 Å². The first-order valence-corrected chi connectivity index (χ1v) is 4.72. The molecule has 1 aliphatic heterocycles. The number of nitrogens with zero attached hydrogens (tertiary/aromatic N) is 1. The molecule has 0 spiro atoms. The second kappa shape index (κ2) is 3.84. The Bertz CT molecular complexity index is 304. The second-order valence-electron chi connectivity index (χ2n) is 3.39. The molecule has 0 amide bonds. The highest BCUT2D eigenvalue weighted by Gasteiger charge is 2.12. The van der Waals surface area contributed by atoms with Gasteiger partial charge in [-0.2, -0.15) is 0 Å². The van der Waals surface area contributed by atoms with Crippen LogP contribution in [0, 0.1) is 5.82 Å². The van der Waals surface area contributed by atoms with Crippen LogP contribution in [0.3, 0.4) is 0 Å². The molecular weight excluding hydrogens is 183 g/mol. The summed E-state index contributed by atoms with van der Waals surface area (Å²) in [4.78, 5) is 5.39. The van der Waals surface area contributed by atoms with E-state index in [1.165, 1.54) is 12.1 Å². The van der Waals surface area contributed by atoms with Gasteiger partial charge in [0.2, 0.25) is 0 Å². The summed E-state index contributed by atoms with van der Waals surface area (Å²) in [6.07, 6.45) is 2.12. The maximum atomic E-state index is 13.0. The molecule has 76 valence electrons. The summed E-state index contributed by atoms with van der Waals surface area (Å²) in [5.74, 6) is -0.325. The fourth-order valence-electron chi connectivity index (χ4n) is 1.54. The number of anilines is 2. The highest BCUT2D eigenvalue weighted by atomic mass is 19.1. The lowest BCUT2D eigenvalue weighted by molar-refractivity contribution is 0.0777. The standard InChI is InChI=1S/C10H13FN2O/c11-8-5-9(12)7-10(6-8)13-3-1-2-4-14-13/h5-7H,1-4,12H2. The molecule has 1 saturated heterocycles. The van der Waals surface area contributed by atoms with Gasteiger partial charge in [0, 0.05) is 12.2 Å². The zero-order chi connectivity index (χ0) is 9.97. The molecule has 1 aromatic carbocycles. The third-order valence-corrected chi connectivity index (χ3v) is 2.20. The van der Waals surface area contributed by atoms with Crippen LogP contribution in [0.2, 0.25) is 0 Å². The summed E-state index contributed by atoms with van der Waals surface area (Å²) in [6.45, 7) is 1.49. The van der Waals surface area contributed by atoms with Crippen molar-refractivity contribution in [1.82, 2.24) is 0 Å². The quantitative estimate of drug-likeness (QED) is 0.697. The minimum absolute atomic E-state index is 0.325. The van der Waals surface area contributed by atoms with Crippen molar-refractivity contribution < 1.29 is 9.23 Å². The van der Waals surface area contributed by atoms with Crippen molar-refractivity contribution in [2.75, 3.05) is 23.9 Å². The van der Waals surface area contributed by atoms with Crippen LogP contribution in [-0.4, -0.2) is 13.2 Å². The van der Waals surface area contributed by atoms with Crippen molar-refractivity contribution in [3.05, 3.63) is 24.0 Å².